The Labute approximate surface area is 129 Å². The number of carbonyl (C=O) groups excluding carboxylic acids is 1. The smallest absolute Gasteiger partial charge is 0.411 e. The molecule has 0 aromatic heterocycles. The van der Waals surface area contributed by atoms with Gasteiger partial charge in [-0.05, 0) is 49.2 Å². The molecule has 2 N–H and O–H groups in total. The number of amides is 1. The molecule has 116 valence electrons. The minimum atomic E-state index is -0.470. The minimum absolute atomic E-state index is 0.182. The average Bonchev–Trinajstić information content (AvgIpc) is 2.51. The van der Waals surface area contributed by atoms with Crippen LogP contribution in [0.3, 0.4) is 0 Å². The Kier molecular flexibility index (Phi) is 5.77. The number of rotatable bonds is 6. The largest absolute Gasteiger partial charge is 0.450 e. The lowest BCUT2D eigenvalue weighted by Crippen LogP contribution is -2.13. The number of hydrogen-bond acceptors (Lipinski definition) is 3. The van der Waals surface area contributed by atoms with Crippen LogP contribution in [-0.4, -0.2) is 19.2 Å². The van der Waals surface area contributed by atoms with Crippen molar-refractivity contribution in [1.82, 2.24) is 0 Å². The molecule has 2 aromatic carbocycles. The molecule has 2 aromatic rings. The highest BCUT2D eigenvalue weighted by atomic mass is 19.1. The van der Waals surface area contributed by atoms with Crippen molar-refractivity contribution >= 4 is 17.5 Å². The van der Waals surface area contributed by atoms with Crippen molar-refractivity contribution in [1.29, 1.82) is 0 Å². The summed E-state index contributed by atoms with van der Waals surface area (Å²) in [5.41, 5.74) is 2.26. The summed E-state index contributed by atoms with van der Waals surface area (Å²) >= 11 is 0. The van der Waals surface area contributed by atoms with Gasteiger partial charge in [-0.3, -0.25) is 5.32 Å². The second-order valence-electron chi connectivity index (χ2n) is 4.69. The predicted molar refractivity (Wildman–Crippen MR) is 85.7 cm³/mol. The van der Waals surface area contributed by atoms with Crippen molar-refractivity contribution in [2.75, 3.05) is 23.8 Å². The highest BCUT2D eigenvalue weighted by Gasteiger charge is 2.02. The summed E-state index contributed by atoms with van der Waals surface area (Å²) in [5.74, 6) is -0.182. The van der Waals surface area contributed by atoms with Gasteiger partial charge in [0.1, 0.15) is 5.82 Å². The van der Waals surface area contributed by atoms with Crippen LogP contribution in [0.15, 0.2) is 48.5 Å². The van der Waals surface area contributed by atoms with E-state index >= 15 is 0 Å². The van der Waals surface area contributed by atoms with Gasteiger partial charge in [0.25, 0.3) is 0 Å². The summed E-state index contributed by atoms with van der Waals surface area (Å²) in [6.07, 6.45) is 0.137. The summed E-state index contributed by atoms with van der Waals surface area (Å²) in [4.78, 5) is 11.3. The maximum atomic E-state index is 13.5. The van der Waals surface area contributed by atoms with E-state index in [4.69, 9.17) is 4.74 Å². The zero-order valence-corrected chi connectivity index (χ0v) is 12.4. The van der Waals surface area contributed by atoms with Crippen LogP contribution >= 0.6 is 0 Å². The van der Waals surface area contributed by atoms with Gasteiger partial charge >= 0.3 is 6.09 Å². The maximum Gasteiger partial charge on any atom is 0.411 e. The molecule has 4 nitrogen and oxygen atoms in total. The quantitative estimate of drug-likeness (QED) is 0.846. The fourth-order valence-corrected chi connectivity index (χ4v) is 2.00. The lowest BCUT2D eigenvalue weighted by atomic mass is 10.1. The molecule has 0 saturated carbocycles. The van der Waals surface area contributed by atoms with E-state index in [1.54, 1.807) is 31.2 Å². The van der Waals surface area contributed by atoms with Crippen molar-refractivity contribution in [2.24, 2.45) is 0 Å². The zero-order chi connectivity index (χ0) is 15.8. The lowest BCUT2D eigenvalue weighted by Gasteiger charge is -2.09. The molecule has 0 fully saturated rings. The molecule has 0 bridgehead atoms. The lowest BCUT2D eigenvalue weighted by molar-refractivity contribution is 0.168. The number of nitrogens with one attached hydrogen (secondary N) is 2. The molecule has 22 heavy (non-hydrogen) atoms. The maximum absolute atomic E-state index is 13.5. The summed E-state index contributed by atoms with van der Waals surface area (Å²) in [6, 6.07) is 14.0. The van der Waals surface area contributed by atoms with Crippen LogP contribution in [0.2, 0.25) is 0 Å². The van der Waals surface area contributed by atoms with E-state index < -0.39 is 6.09 Å². The van der Waals surface area contributed by atoms with E-state index in [0.29, 0.717) is 30.8 Å². The number of hydrogen-bond donors (Lipinski definition) is 2. The Balaban J connectivity index is 1.81. The van der Waals surface area contributed by atoms with Gasteiger partial charge in [-0.25, -0.2) is 9.18 Å². The van der Waals surface area contributed by atoms with Crippen LogP contribution in [0.5, 0.6) is 0 Å². The third-order valence-corrected chi connectivity index (χ3v) is 3.09. The summed E-state index contributed by atoms with van der Waals surface area (Å²) in [5, 5.41) is 5.84. The summed E-state index contributed by atoms with van der Waals surface area (Å²) in [6.45, 7) is 2.72. The number of carbonyl (C=O) groups is 1. The normalized spacial score (nSPS) is 10.1. The molecule has 0 aliphatic rings. The fourth-order valence-electron chi connectivity index (χ4n) is 2.00. The standard InChI is InChI=1S/C17H19FN2O2/c1-2-22-17(21)20-15-9-7-14(8-10-15)19-12-11-13-5-3-4-6-16(13)18/h3-10,19H,2,11-12H2,1H3,(H,20,21). The molecule has 0 aliphatic carbocycles. The van der Waals surface area contributed by atoms with Crippen LogP contribution in [0.25, 0.3) is 0 Å². The molecular weight excluding hydrogens is 283 g/mol. The molecule has 0 heterocycles. The number of benzene rings is 2. The first-order valence-electron chi connectivity index (χ1n) is 7.20. The van der Waals surface area contributed by atoms with Crippen LogP contribution in [0.4, 0.5) is 20.6 Å². The Morgan fingerprint density at radius 3 is 2.45 bits per heavy atom. The Morgan fingerprint density at radius 1 is 1.09 bits per heavy atom. The average molecular weight is 302 g/mol. The van der Waals surface area contributed by atoms with Crippen molar-refractivity contribution in [2.45, 2.75) is 13.3 Å². The van der Waals surface area contributed by atoms with Crippen LogP contribution in [-0.2, 0) is 11.2 Å². The third kappa shape index (κ3) is 4.77. The molecule has 5 heteroatoms. The topological polar surface area (TPSA) is 50.4 Å². The molecule has 1 amide bonds. The zero-order valence-electron chi connectivity index (χ0n) is 12.4. The van der Waals surface area contributed by atoms with Crippen LogP contribution in [0, 0.1) is 5.82 Å². The Hall–Kier alpha value is -2.56. The predicted octanol–water partition coefficient (Wildman–Crippen LogP) is 4.05. The fraction of sp³-hybridized carbons (Fsp3) is 0.235. The Morgan fingerprint density at radius 2 is 1.77 bits per heavy atom. The first-order chi connectivity index (χ1) is 10.7. The van der Waals surface area contributed by atoms with E-state index in [9.17, 15) is 9.18 Å². The number of halogens is 1. The second kappa shape index (κ2) is 8.02. The third-order valence-electron chi connectivity index (χ3n) is 3.09. The Bertz CT molecular complexity index is 614. The van der Waals surface area contributed by atoms with Crippen molar-refractivity contribution in [3.05, 3.63) is 59.9 Å². The van der Waals surface area contributed by atoms with Gasteiger partial charge in [-0.15, -0.1) is 0 Å². The summed E-state index contributed by atoms with van der Waals surface area (Å²) < 4.78 is 18.3. The highest BCUT2D eigenvalue weighted by molar-refractivity contribution is 5.84. The van der Waals surface area contributed by atoms with Gasteiger partial charge in [0.05, 0.1) is 6.61 Å². The second-order valence-corrected chi connectivity index (χ2v) is 4.69. The van der Waals surface area contributed by atoms with E-state index in [1.165, 1.54) is 6.07 Å². The van der Waals surface area contributed by atoms with Crippen LogP contribution in [0.1, 0.15) is 12.5 Å². The number of anilines is 2. The highest BCUT2D eigenvalue weighted by Crippen LogP contribution is 2.14. The van der Waals surface area contributed by atoms with Gasteiger partial charge in [-0.1, -0.05) is 18.2 Å². The molecule has 0 aliphatic heterocycles. The van der Waals surface area contributed by atoms with Gasteiger partial charge in [0, 0.05) is 17.9 Å². The SMILES string of the molecule is CCOC(=O)Nc1ccc(NCCc2ccccc2F)cc1. The van der Waals surface area contributed by atoms with Gasteiger partial charge < -0.3 is 10.1 Å². The van der Waals surface area contributed by atoms with Crippen molar-refractivity contribution in [3.8, 4) is 0 Å². The molecule has 2 rings (SSSR count). The van der Waals surface area contributed by atoms with E-state index in [2.05, 4.69) is 10.6 Å². The minimum Gasteiger partial charge on any atom is -0.450 e. The molecule has 0 atom stereocenters. The first kappa shape index (κ1) is 15.8. The van der Waals surface area contributed by atoms with E-state index in [0.717, 1.165) is 5.69 Å². The molecular formula is C17H19FN2O2. The number of ether oxygens (including phenoxy) is 1. The van der Waals surface area contributed by atoms with E-state index in [1.807, 2.05) is 18.2 Å². The van der Waals surface area contributed by atoms with Gasteiger partial charge in [0.2, 0.25) is 0 Å². The van der Waals surface area contributed by atoms with Gasteiger partial charge in [0.15, 0.2) is 0 Å². The monoisotopic (exact) mass is 302 g/mol. The van der Waals surface area contributed by atoms with Crippen molar-refractivity contribution < 1.29 is 13.9 Å². The molecule has 0 radical (unpaired) electrons. The summed E-state index contributed by atoms with van der Waals surface area (Å²) in [7, 11) is 0. The van der Waals surface area contributed by atoms with Gasteiger partial charge in [-0.2, -0.15) is 0 Å². The van der Waals surface area contributed by atoms with Crippen molar-refractivity contribution in [3.63, 3.8) is 0 Å². The van der Waals surface area contributed by atoms with E-state index in [-0.39, 0.29) is 5.82 Å². The first-order valence-corrected chi connectivity index (χ1v) is 7.20. The molecule has 0 saturated heterocycles. The van der Waals surface area contributed by atoms with Crippen LogP contribution < -0.4 is 10.6 Å². The molecule has 0 unspecified atom stereocenters. The molecule has 0 spiro atoms.